The zero-order chi connectivity index (χ0) is 20.2. The van der Waals surface area contributed by atoms with E-state index in [1.165, 1.54) is 0 Å². The van der Waals surface area contributed by atoms with Gasteiger partial charge in [0.05, 0.1) is 5.69 Å². The van der Waals surface area contributed by atoms with Crippen molar-refractivity contribution in [2.75, 3.05) is 33.2 Å². The van der Waals surface area contributed by atoms with E-state index in [0.717, 1.165) is 56.7 Å². The van der Waals surface area contributed by atoms with Gasteiger partial charge < -0.3 is 9.80 Å². The Morgan fingerprint density at radius 3 is 2.45 bits per heavy atom. The van der Waals surface area contributed by atoms with Crippen molar-refractivity contribution in [2.24, 2.45) is 11.8 Å². The molecule has 1 unspecified atom stereocenters. The summed E-state index contributed by atoms with van der Waals surface area (Å²) in [6.45, 7) is 4.72. The topological polar surface area (TPSA) is 71.3 Å². The van der Waals surface area contributed by atoms with Crippen LogP contribution >= 0.6 is 0 Å². The molecule has 2 aromatic heterocycles. The van der Waals surface area contributed by atoms with Crippen molar-refractivity contribution in [3.8, 4) is 11.3 Å². The minimum atomic E-state index is -0.0415. The highest BCUT2D eigenvalue weighted by Crippen LogP contribution is 2.23. The van der Waals surface area contributed by atoms with E-state index < -0.39 is 0 Å². The Kier molecular flexibility index (Phi) is 6.04. The van der Waals surface area contributed by atoms with Gasteiger partial charge in [-0.15, -0.1) is 0 Å². The molecular formula is C22H29N5O2. The van der Waals surface area contributed by atoms with Crippen LogP contribution in [0.5, 0.6) is 0 Å². The van der Waals surface area contributed by atoms with E-state index in [9.17, 15) is 9.59 Å². The van der Waals surface area contributed by atoms with Crippen LogP contribution in [0.15, 0.2) is 41.5 Å². The highest BCUT2D eigenvalue weighted by atomic mass is 16.2. The lowest BCUT2D eigenvalue weighted by molar-refractivity contribution is -0.133. The summed E-state index contributed by atoms with van der Waals surface area (Å²) in [7, 11) is 1.91. The number of carbonyl (C=O) groups excluding carboxylic acids is 1. The molecule has 1 amide bonds. The second kappa shape index (κ2) is 8.86. The van der Waals surface area contributed by atoms with Crippen LogP contribution in [0.25, 0.3) is 11.3 Å². The molecule has 2 aliphatic rings. The third-order valence-electron chi connectivity index (χ3n) is 6.22. The predicted octanol–water partition coefficient (Wildman–Crippen LogP) is 1.89. The highest BCUT2D eigenvalue weighted by molar-refractivity contribution is 5.76. The molecule has 7 nitrogen and oxygen atoms in total. The number of amides is 1. The number of nitrogens with zero attached hydrogens (tertiary/aromatic N) is 5. The zero-order valence-electron chi connectivity index (χ0n) is 17.0. The van der Waals surface area contributed by atoms with Gasteiger partial charge in [-0.1, -0.05) is 0 Å². The summed E-state index contributed by atoms with van der Waals surface area (Å²) in [6.07, 6.45) is 7.32. The minimum absolute atomic E-state index is 0.0415. The van der Waals surface area contributed by atoms with Crippen LogP contribution in [0.4, 0.5) is 0 Å². The number of carbonyl (C=O) groups is 1. The fourth-order valence-corrected chi connectivity index (χ4v) is 4.47. The summed E-state index contributed by atoms with van der Waals surface area (Å²) >= 11 is 0. The van der Waals surface area contributed by atoms with Gasteiger partial charge >= 0.3 is 0 Å². The first-order valence-corrected chi connectivity index (χ1v) is 10.5. The van der Waals surface area contributed by atoms with Crippen molar-refractivity contribution >= 4 is 5.91 Å². The molecular weight excluding hydrogens is 366 g/mol. The van der Waals surface area contributed by atoms with Crippen LogP contribution < -0.4 is 5.56 Å². The van der Waals surface area contributed by atoms with E-state index in [1.807, 2.05) is 24.1 Å². The van der Waals surface area contributed by atoms with Crippen LogP contribution in [0.1, 0.15) is 25.7 Å². The summed E-state index contributed by atoms with van der Waals surface area (Å²) in [5, 5.41) is 4.59. The van der Waals surface area contributed by atoms with Crippen molar-refractivity contribution in [1.82, 2.24) is 24.6 Å². The van der Waals surface area contributed by atoms with Crippen LogP contribution in [0.3, 0.4) is 0 Å². The van der Waals surface area contributed by atoms with Gasteiger partial charge in [-0.05, 0) is 62.4 Å². The molecule has 7 heteroatoms. The quantitative estimate of drug-likeness (QED) is 0.773. The monoisotopic (exact) mass is 395 g/mol. The van der Waals surface area contributed by atoms with E-state index in [2.05, 4.69) is 15.0 Å². The Labute approximate surface area is 171 Å². The van der Waals surface area contributed by atoms with Gasteiger partial charge in [0.25, 0.3) is 5.56 Å². The third kappa shape index (κ3) is 4.90. The maximum atomic E-state index is 12.3. The summed E-state index contributed by atoms with van der Waals surface area (Å²) in [4.78, 5) is 32.4. The van der Waals surface area contributed by atoms with Gasteiger partial charge in [0, 0.05) is 57.1 Å². The van der Waals surface area contributed by atoms with Crippen molar-refractivity contribution in [3.05, 3.63) is 47.0 Å². The third-order valence-corrected chi connectivity index (χ3v) is 6.22. The van der Waals surface area contributed by atoms with Gasteiger partial charge in [0.15, 0.2) is 0 Å². The molecule has 2 aromatic rings. The zero-order valence-corrected chi connectivity index (χ0v) is 17.0. The average molecular weight is 396 g/mol. The highest BCUT2D eigenvalue weighted by Gasteiger charge is 2.27. The molecule has 0 aromatic carbocycles. The van der Waals surface area contributed by atoms with Gasteiger partial charge in [-0.2, -0.15) is 5.10 Å². The van der Waals surface area contributed by atoms with Crippen LogP contribution in [-0.2, 0) is 11.3 Å². The first-order valence-electron chi connectivity index (χ1n) is 10.5. The summed E-state index contributed by atoms with van der Waals surface area (Å²) in [6, 6.07) is 7.21. The van der Waals surface area contributed by atoms with Crippen molar-refractivity contribution < 1.29 is 4.79 Å². The number of piperidine rings is 2. The van der Waals surface area contributed by atoms with Crippen LogP contribution in [-0.4, -0.2) is 63.7 Å². The normalized spacial score (nSPS) is 21.5. The molecule has 2 fully saturated rings. The lowest BCUT2D eigenvalue weighted by Crippen LogP contribution is -2.44. The second-order valence-corrected chi connectivity index (χ2v) is 8.40. The summed E-state index contributed by atoms with van der Waals surface area (Å²) in [5.41, 5.74) is 1.74. The van der Waals surface area contributed by atoms with Crippen molar-refractivity contribution in [3.63, 3.8) is 0 Å². The number of likely N-dealkylation sites (tertiary alicyclic amines) is 2. The number of pyridine rings is 1. The van der Waals surface area contributed by atoms with E-state index in [0.29, 0.717) is 24.8 Å². The Morgan fingerprint density at radius 2 is 1.72 bits per heavy atom. The Hall–Kier alpha value is -2.54. The molecule has 0 saturated carbocycles. The van der Waals surface area contributed by atoms with Gasteiger partial charge in [0.1, 0.15) is 0 Å². The van der Waals surface area contributed by atoms with E-state index in [1.54, 1.807) is 29.2 Å². The Morgan fingerprint density at radius 1 is 0.966 bits per heavy atom. The molecule has 29 heavy (non-hydrogen) atoms. The number of hydrogen-bond donors (Lipinski definition) is 0. The molecule has 0 radical (unpaired) electrons. The van der Waals surface area contributed by atoms with Gasteiger partial charge in [0.2, 0.25) is 5.91 Å². The van der Waals surface area contributed by atoms with Crippen LogP contribution in [0.2, 0.25) is 0 Å². The van der Waals surface area contributed by atoms with E-state index >= 15 is 0 Å². The minimum Gasteiger partial charge on any atom is -0.345 e. The molecule has 0 aliphatic carbocycles. The lowest BCUT2D eigenvalue weighted by atomic mass is 9.93. The number of aromatic nitrogens is 3. The molecule has 4 heterocycles. The molecule has 2 aliphatic heterocycles. The average Bonchev–Trinajstić information content (AvgIpc) is 2.74. The smallest absolute Gasteiger partial charge is 0.266 e. The standard InChI is InChI=1S/C22H29N5O2/c1-25-14-18(2-4-21(25)28)15-26-12-8-17(9-13-26)16-27-22(29)5-3-20(24-27)19-6-10-23-11-7-19/h3,5-7,10-11,17-18H,2,4,8-9,12-16H2,1H3. The lowest BCUT2D eigenvalue weighted by Gasteiger charge is -2.37. The number of rotatable bonds is 5. The number of hydrogen-bond acceptors (Lipinski definition) is 5. The van der Waals surface area contributed by atoms with Crippen molar-refractivity contribution in [2.45, 2.75) is 32.2 Å². The summed E-state index contributed by atoms with van der Waals surface area (Å²) < 4.78 is 1.62. The van der Waals surface area contributed by atoms with Crippen molar-refractivity contribution in [1.29, 1.82) is 0 Å². The Bertz CT molecular complexity index is 890. The SMILES string of the molecule is CN1CC(CN2CCC(Cn3nc(-c4ccncc4)ccc3=O)CC2)CCC1=O. The van der Waals surface area contributed by atoms with Gasteiger partial charge in [-0.25, -0.2) is 4.68 Å². The predicted molar refractivity (Wildman–Crippen MR) is 111 cm³/mol. The second-order valence-electron chi connectivity index (χ2n) is 8.40. The van der Waals surface area contributed by atoms with E-state index in [-0.39, 0.29) is 11.5 Å². The van der Waals surface area contributed by atoms with Gasteiger partial charge in [-0.3, -0.25) is 14.6 Å². The molecule has 2 saturated heterocycles. The fourth-order valence-electron chi connectivity index (χ4n) is 4.47. The molecule has 0 N–H and O–H groups in total. The molecule has 4 rings (SSSR count). The maximum Gasteiger partial charge on any atom is 0.266 e. The fraction of sp³-hybridized carbons (Fsp3) is 0.545. The summed E-state index contributed by atoms with van der Waals surface area (Å²) in [5.74, 6) is 1.32. The first kappa shape index (κ1) is 19.8. The Balaban J connectivity index is 1.32. The molecule has 0 spiro atoms. The maximum absolute atomic E-state index is 12.3. The molecule has 1 atom stereocenters. The largest absolute Gasteiger partial charge is 0.345 e. The van der Waals surface area contributed by atoms with Crippen LogP contribution in [0, 0.1) is 11.8 Å². The molecule has 154 valence electrons. The van der Waals surface area contributed by atoms with E-state index in [4.69, 9.17) is 0 Å². The first-order chi connectivity index (χ1) is 14.1. The molecule has 0 bridgehead atoms.